The molecule has 4 aromatic rings. The van der Waals surface area contributed by atoms with Crippen molar-refractivity contribution in [2.45, 2.75) is 0 Å². The van der Waals surface area contributed by atoms with Crippen LogP contribution in [0.3, 0.4) is 0 Å². The molecule has 0 fully saturated rings. The molecular formula is C24H17ClN2O. The number of allylic oxidation sites excluding steroid dienone is 2. The average Bonchev–Trinajstić information content (AvgIpc) is 2.74. The second kappa shape index (κ2) is 7.67. The Hall–Kier alpha value is -3.43. The minimum atomic E-state index is -0.172. The summed E-state index contributed by atoms with van der Waals surface area (Å²) in [6, 6.07) is 22.7. The van der Waals surface area contributed by atoms with Gasteiger partial charge in [0.15, 0.2) is 0 Å². The highest BCUT2D eigenvalue weighted by atomic mass is 35.5. The summed E-state index contributed by atoms with van der Waals surface area (Å²) in [7, 11) is 0. The first kappa shape index (κ1) is 18.0. The number of hydrogen-bond acceptors (Lipinski definition) is 2. The molecule has 0 radical (unpaired) electrons. The Morgan fingerprint density at radius 3 is 2.50 bits per heavy atom. The molecule has 0 bridgehead atoms. The number of benzene rings is 2. The zero-order chi connectivity index (χ0) is 19.5. The molecule has 0 unspecified atom stereocenters. The molecule has 2 aromatic carbocycles. The molecule has 0 saturated carbocycles. The third-order valence-electron chi connectivity index (χ3n) is 4.50. The Morgan fingerprint density at radius 1 is 1.00 bits per heavy atom. The zero-order valence-corrected chi connectivity index (χ0v) is 15.8. The molecule has 0 amide bonds. The van der Waals surface area contributed by atoms with Gasteiger partial charge in [-0.25, -0.2) is 4.98 Å². The van der Waals surface area contributed by atoms with Crippen molar-refractivity contribution in [3.05, 3.63) is 118 Å². The lowest BCUT2D eigenvalue weighted by molar-refractivity contribution is 0.938. The Morgan fingerprint density at radius 2 is 1.79 bits per heavy atom. The first-order valence-electron chi connectivity index (χ1n) is 8.83. The van der Waals surface area contributed by atoms with Gasteiger partial charge >= 0.3 is 0 Å². The van der Waals surface area contributed by atoms with Crippen molar-refractivity contribution in [2.24, 2.45) is 0 Å². The zero-order valence-electron chi connectivity index (χ0n) is 15.0. The molecule has 28 heavy (non-hydrogen) atoms. The molecule has 0 saturated heterocycles. The number of nitrogens with zero attached hydrogens (tertiary/aromatic N) is 2. The number of hydrogen-bond donors (Lipinski definition) is 0. The van der Waals surface area contributed by atoms with Crippen LogP contribution in [0, 0.1) is 0 Å². The molecule has 3 nitrogen and oxygen atoms in total. The molecular weight excluding hydrogens is 368 g/mol. The molecule has 0 atom stereocenters. The summed E-state index contributed by atoms with van der Waals surface area (Å²) in [5, 5.41) is 1.89. The van der Waals surface area contributed by atoms with Crippen LogP contribution in [0.1, 0.15) is 11.3 Å². The molecule has 0 N–H and O–H groups in total. The van der Waals surface area contributed by atoms with Crippen molar-refractivity contribution in [1.29, 1.82) is 0 Å². The second-order valence-corrected chi connectivity index (χ2v) is 6.74. The third kappa shape index (κ3) is 3.40. The van der Waals surface area contributed by atoms with Gasteiger partial charge in [0.2, 0.25) is 0 Å². The van der Waals surface area contributed by atoms with Gasteiger partial charge in [0.25, 0.3) is 5.56 Å². The fourth-order valence-electron chi connectivity index (χ4n) is 3.17. The maximum absolute atomic E-state index is 13.4. The Kier molecular flexibility index (Phi) is 4.92. The SMILES string of the molecule is C=CC(=Cc1ccccc1)c1cc2ccc(Cl)cc2c(=O)n1-c1ccccn1. The number of halogens is 1. The standard InChI is InChI=1S/C24H17ClN2O/c1-2-18(14-17-8-4-3-5-9-17)22-15-19-11-12-20(25)16-21(19)24(28)27(22)23-10-6-7-13-26-23/h2-16H,1H2. The van der Waals surface area contributed by atoms with Crippen LogP contribution in [-0.2, 0) is 0 Å². The fourth-order valence-corrected chi connectivity index (χ4v) is 3.35. The summed E-state index contributed by atoms with van der Waals surface area (Å²) in [6.45, 7) is 3.97. The quantitative estimate of drug-likeness (QED) is 0.419. The largest absolute Gasteiger partial charge is 0.268 e. The molecule has 136 valence electrons. The minimum absolute atomic E-state index is 0.172. The van der Waals surface area contributed by atoms with E-state index in [0.29, 0.717) is 16.2 Å². The molecule has 0 aliphatic carbocycles. The molecule has 0 aliphatic rings. The summed E-state index contributed by atoms with van der Waals surface area (Å²) < 4.78 is 1.61. The summed E-state index contributed by atoms with van der Waals surface area (Å²) in [5.41, 5.74) is 2.39. The van der Waals surface area contributed by atoms with Crippen LogP contribution in [0.4, 0.5) is 0 Å². The topological polar surface area (TPSA) is 34.9 Å². The van der Waals surface area contributed by atoms with E-state index in [1.165, 1.54) is 0 Å². The van der Waals surface area contributed by atoms with Gasteiger partial charge in [-0.15, -0.1) is 0 Å². The highest BCUT2D eigenvalue weighted by Gasteiger charge is 2.14. The van der Waals surface area contributed by atoms with Gasteiger partial charge in [-0.05, 0) is 52.9 Å². The van der Waals surface area contributed by atoms with Crippen LogP contribution in [0.15, 0.2) is 96.4 Å². The average molecular weight is 385 g/mol. The Balaban J connectivity index is 2.07. The molecule has 0 aliphatic heterocycles. The van der Waals surface area contributed by atoms with Gasteiger partial charge in [0, 0.05) is 16.6 Å². The minimum Gasteiger partial charge on any atom is -0.268 e. The maximum Gasteiger partial charge on any atom is 0.264 e. The van der Waals surface area contributed by atoms with Crippen LogP contribution in [0.25, 0.3) is 28.2 Å². The summed E-state index contributed by atoms with van der Waals surface area (Å²) in [4.78, 5) is 17.8. The fraction of sp³-hybridized carbons (Fsp3) is 0. The van der Waals surface area contributed by atoms with Crippen LogP contribution >= 0.6 is 11.6 Å². The van der Waals surface area contributed by atoms with Crippen molar-refractivity contribution in [2.75, 3.05) is 0 Å². The van der Waals surface area contributed by atoms with E-state index in [-0.39, 0.29) is 5.56 Å². The monoisotopic (exact) mass is 384 g/mol. The number of pyridine rings is 2. The molecule has 2 heterocycles. The van der Waals surface area contributed by atoms with Crippen molar-refractivity contribution < 1.29 is 0 Å². The van der Waals surface area contributed by atoms with Crippen LogP contribution in [0.5, 0.6) is 0 Å². The van der Waals surface area contributed by atoms with E-state index in [4.69, 9.17) is 11.6 Å². The highest BCUT2D eigenvalue weighted by molar-refractivity contribution is 6.31. The van der Waals surface area contributed by atoms with Gasteiger partial charge in [0.1, 0.15) is 5.82 Å². The van der Waals surface area contributed by atoms with Gasteiger partial charge in [-0.3, -0.25) is 9.36 Å². The van der Waals surface area contributed by atoms with E-state index in [0.717, 1.165) is 22.2 Å². The normalized spacial score (nSPS) is 11.5. The number of aromatic nitrogens is 2. The molecule has 2 aromatic heterocycles. The first-order valence-corrected chi connectivity index (χ1v) is 9.21. The summed E-state index contributed by atoms with van der Waals surface area (Å²) >= 11 is 6.13. The molecule has 4 rings (SSSR count). The van der Waals surface area contributed by atoms with Crippen molar-refractivity contribution in [3.8, 4) is 5.82 Å². The summed E-state index contributed by atoms with van der Waals surface area (Å²) in [5.74, 6) is 0.546. The van der Waals surface area contributed by atoms with Crippen molar-refractivity contribution in [1.82, 2.24) is 9.55 Å². The predicted molar refractivity (Wildman–Crippen MR) is 117 cm³/mol. The highest BCUT2D eigenvalue weighted by Crippen LogP contribution is 2.25. The van der Waals surface area contributed by atoms with E-state index in [1.807, 2.05) is 66.7 Å². The Bertz CT molecular complexity index is 1240. The van der Waals surface area contributed by atoms with E-state index in [1.54, 1.807) is 29.0 Å². The lowest BCUT2D eigenvalue weighted by Crippen LogP contribution is -2.22. The molecule has 4 heteroatoms. The van der Waals surface area contributed by atoms with Gasteiger partial charge in [-0.1, -0.05) is 66.7 Å². The first-order chi connectivity index (χ1) is 13.7. The third-order valence-corrected chi connectivity index (χ3v) is 4.73. The summed E-state index contributed by atoms with van der Waals surface area (Å²) in [6.07, 6.45) is 5.42. The van der Waals surface area contributed by atoms with Gasteiger partial charge in [-0.2, -0.15) is 0 Å². The van der Waals surface area contributed by atoms with Crippen LogP contribution in [0.2, 0.25) is 5.02 Å². The van der Waals surface area contributed by atoms with Crippen molar-refractivity contribution >= 4 is 34.0 Å². The second-order valence-electron chi connectivity index (χ2n) is 6.30. The number of fused-ring (bicyclic) bond motifs is 1. The Labute approximate surface area is 167 Å². The van der Waals surface area contributed by atoms with E-state index in [2.05, 4.69) is 11.6 Å². The predicted octanol–water partition coefficient (Wildman–Crippen LogP) is 5.77. The molecule has 0 spiro atoms. The van der Waals surface area contributed by atoms with Gasteiger partial charge in [0.05, 0.1) is 5.69 Å². The van der Waals surface area contributed by atoms with E-state index < -0.39 is 0 Å². The van der Waals surface area contributed by atoms with E-state index in [9.17, 15) is 4.79 Å². The van der Waals surface area contributed by atoms with Crippen LogP contribution < -0.4 is 5.56 Å². The van der Waals surface area contributed by atoms with Crippen molar-refractivity contribution in [3.63, 3.8) is 0 Å². The van der Waals surface area contributed by atoms with Crippen LogP contribution in [-0.4, -0.2) is 9.55 Å². The van der Waals surface area contributed by atoms with Gasteiger partial charge < -0.3 is 0 Å². The lowest BCUT2D eigenvalue weighted by Gasteiger charge is -2.15. The lowest BCUT2D eigenvalue weighted by atomic mass is 10.0. The maximum atomic E-state index is 13.4. The smallest absolute Gasteiger partial charge is 0.264 e. The van der Waals surface area contributed by atoms with E-state index >= 15 is 0 Å². The number of rotatable bonds is 4.